The maximum absolute atomic E-state index is 10.5. The highest BCUT2D eigenvalue weighted by Gasteiger charge is 2.39. The van der Waals surface area contributed by atoms with E-state index < -0.39 is 5.97 Å². The Hall–Kier alpha value is -0.610. The number of nitrogens with zero attached hydrogens (tertiary/aromatic N) is 1. The Balaban J connectivity index is 1.72. The van der Waals surface area contributed by atoms with Gasteiger partial charge in [0, 0.05) is 24.4 Å². The molecule has 0 aliphatic carbocycles. The molecule has 2 fully saturated rings. The normalized spacial score (nSPS) is 29.3. The highest BCUT2D eigenvalue weighted by atomic mass is 16.5. The summed E-state index contributed by atoms with van der Waals surface area (Å²) in [4.78, 5) is 12.9. The first-order valence-electron chi connectivity index (χ1n) is 5.63. The number of carbonyl (C=O) groups is 1. The maximum Gasteiger partial charge on any atom is 0.303 e. The SMILES string of the molecule is CC1(CN2CCC2CCC(=O)O)COC1. The van der Waals surface area contributed by atoms with Crippen LogP contribution in [0.1, 0.15) is 26.2 Å². The fraction of sp³-hybridized carbons (Fsp3) is 0.909. The summed E-state index contributed by atoms with van der Waals surface area (Å²) < 4.78 is 5.22. The zero-order chi connectivity index (χ0) is 10.9. The minimum Gasteiger partial charge on any atom is -0.481 e. The fourth-order valence-corrected chi connectivity index (χ4v) is 2.35. The summed E-state index contributed by atoms with van der Waals surface area (Å²) in [5, 5.41) is 8.62. The van der Waals surface area contributed by atoms with E-state index in [-0.39, 0.29) is 0 Å². The van der Waals surface area contributed by atoms with Gasteiger partial charge in [-0.05, 0) is 19.4 Å². The Morgan fingerprint density at radius 2 is 2.33 bits per heavy atom. The lowest BCUT2D eigenvalue weighted by Crippen LogP contribution is -2.56. The molecule has 4 nitrogen and oxygen atoms in total. The van der Waals surface area contributed by atoms with E-state index in [9.17, 15) is 4.79 Å². The van der Waals surface area contributed by atoms with Crippen LogP contribution in [-0.2, 0) is 9.53 Å². The van der Waals surface area contributed by atoms with Crippen molar-refractivity contribution in [3.8, 4) is 0 Å². The number of carboxylic acid groups (broad SMARTS) is 1. The van der Waals surface area contributed by atoms with E-state index in [1.165, 1.54) is 0 Å². The van der Waals surface area contributed by atoms with E-state index in [4.69, 9.17) is 9.84 Å². The van der Waals surface area contributed by atoms with Gasteiger partial charge in [0.25, 0.3) is 0 Å². The van der Waals surface area contributed by atoms with Crippen molar-refractivity contribution in [1.29, 1.82) is 0 Å². The van der Waals surface area contributed by atoms with Crippen molar-refractivity contribution in [2.45, 2.75) is 32.2 Å². The Labute approximate surface area is 90.2 Å². The second-order valence-electron chi connectivity index (χ2n) is 5.15. The molecule has 0 amide bonds. The van der Waals surface area contributed by atoms with Crippen molar-refractivity contribution in [1.82, 2.24) is 4.90 Å². The third kappa shape index (κ3) is 2.49. The van der Waals surface area contributed by atoms with E-state index in [1.807, 2.05) is 0 Å². The van der Waals surface area contributed by atoms with Crippen LogP contribution in [0.4, 0.5) is 0 Å². The zero-order valence-electron chi connectivity index (χ0n) is 9.24. The number of likely N-dealkylation sites (tertiary alicyclic amines) is 1. The van der Waals surface area contributed by atoms with E-state index in [0.29, 0.717) is 17.9 Å². The number of aliphatic carboxylic acids is 1. The van der Waals surface area contributed by atoms with Crippen molar-refractivity contribution < 1.29 is 14.6 Å². The summed E-state index contributed by atoms with van der Waals surface area (Å²) in [6.07, 6.45) is 2.25. The molecule has 1 atom stereocenters. The van der Waals surface area contributed by atoms with Crippen LogP contribution in [0.15, 0.2) is 0 Å². The Bertz CT molecular complexity index is 250. The number of rotatable bonds is 5. The monoisotopic (exact) mass is 213 g/mol. The molecule has 0 saturated carbocycles. The van der Waals surface area contributed by atoms with Gasteiger partial charge in [0.15, 0.2) is 0 Å². The van der Waals surface area contributed by atoms with Crippen LogP contribution in [0.2, 0.25) is 0 Å². The molecule has 0 aromatic carbocycles. The van der Waals surface area contributed by atoms with E-state index in [1.54, 1.807) is 0 Å². The van der Waals surface area contributed by atoms with Gasteiger partial charge >= 0.3 is 5.97 Å². The average molecular weight is 213 g/mol. The van der Waals surface area contributed by atoms with Crippen LogP contribution in [0.5, 0.6) is 0 Å². The number of carboxylic acids is 1. The summed E-state index contributed by atoms with van der Waals surface area (Å²) >= 11 is 0. The van der Waals surface area contributed by atoms with E-state index in [0.717, 1.165) is 39.1 Å². The smallest absolute Gasteiger partial charge is 0.303 e. The molecule has 0 radical (unpaired) electrons. The van der Waals surface area contributed by atoms with Crippen molar-refractivity contribution >= 4 is 5.97 Å². The molecule has 4 heteroatoms. The van der Waals surface area contributed by atoms with Crippen LogP contribution in [-0.4, -0.2) is 48.3 Å². The molecule has 86 valence electrons. The molecule has 2 rings (SSSR count). The molecule has 0 aromatic heterocycles. The van der Waals surface area contributed by atoms with Gasteiger partial charge in [-0.1, -0.05) is 6.92 Å². The number of hydrogen-bond donors (Lipinski definition) is 1. The van der Waals surface area contributed by atoms with Crippen LogP contribution in [0, 0.1) is 5.41 Å². The minimum absolute atomic E-state index is 0.300. The van der Waals surface area contributed by atoms with Gasteiger partial charge < -0.3 is 9.84 Å². The molecule has 1 unspecified atom stereocenters. The molecular formula is C11H19NO3. The molecule has 2 aliphatic rings. The first kappa shape index (κ1) is 10.9. The zero-order valence-corrected chi connectivity index (χ0v) is 9.24. The second-order valence-corrected chi connectivity index (χ2v) is 5.15. The largest absolute Gasteiger partial charge is 0.481 e. The summed E-state index contributed by atoms with van der Waals surface area (Å²) in [5.41, 5.74) is 0.321. The standard InChI is InChI=1S/C11H19NO3/c1-11(7-15-8-11)6-12-5-4-9(12)2-3-10(13)14/h9H,2-8H2,1H3,(H,13,14). The predicted octanol–water partition coefficient (Wildman–Crippen LogP) is 0.962. The first-order valence-corrected chi connectivity index (χ1v) is 5.63. The Kier molecular flexibility index (Phi) is 2.98. The van der Waals surface area contributed by atoms with Crippen LogP contribution >= 0.6 is 0 Å². The van der Waals surface area contributed by atoms with Crippen molar-refractivity contribution in [3.63, 3.8) is 0 Å². The molecule has 2 saturated heterocycles. The van der Waals surface area contributed by atoms with Gasteiger partial charge in [0.2, 0.25) is 0 Å². The fourth-order valence-electron chi connectivity index (χ4n) is 2.35. The lowest BCUT2D eigenvalue weighted by atomic mass is 9.85. The first-order chi connectivity index (χ1) is 7.09. The third-order valence-electron chi connectivity index (χ3n) is 3.44. The summed E-state index contributed by atoms with van der Waals surface area (Å²) in [6, 6.07) is 0.499. The van der Waals surface area contributed by atoms with E-state index in [2.05, 4.69) is 11.8 Å². The molecule has 0 bridgehead atoms. The molecular weight excluding hydrogens is 194 g/mol. The maximum atomic E-state index is 10.5. The minimum atomic E-state index is -0.681. The molecule has 2 heterocycles. The van der Waals surface area contributed by atoms with Crippen molar-refractivity contribution in [2.75, 3.05) is 26.3 Å². The third-order valence-corrected chi connectivity index (χ3v) is 3.44. The second kappa shape index (κ2) is 4.10. The molecule has 0 aromatic rings. The van der Waals surface area contributed by atoms with Crippen LogP contribution in [0.25, 0.3) is 0 Å². The van der Waals surface area contributed by atoms with Gasteiger partial charge in [-0.25, -0.2) is 0 Å². The van der Waals surface area contributed by atoms with Gasteiger partial charge in [0.1, 0.15) is 0 Å². The molecule has 0 spiro atoms. The van der Waals surface area contributed by atoms with Crippen molar-refractivity contribution in [2.24, 2.45) is 5.41 Å². The highest BCUT2D eigenvalue weighted by Crippen LogP contribution is 2.32. The van der Waals surface area contributed by atoms with Crippen molar-refractivity contribution in [3.05, 3.63) is 0 Å². The lowest BCUT2D eigenvalue weighted by Gasteiger charge is -2.49. The van der Waals surface area contributed by atoms with Gasteiger partial charge in [-0.2, -0.15) is 0 Å². The predicted molar refractivity (Wildman–Crippen MR) is 55.8 cm³/mol. The lowest BCUT2D eigenvalue weighted by molar-refractivity contribution is -0.139. The average Bonchev–Trinajstić information content (AvgIpc) is 2.09. The topological polar surface area (TPSA) is 49.8 Å². The van der Waals surface area contributed by atoms with Crippen LogP contribution < -0.4 is 0 Å². The van der Waals surface area contributed by atoms with E-state index >= 15 is 0 Å². The highest BCUT2D eigenvalue weighted by molar-refractivity contribution is 5.66. The Morgan fingerprint density at radius 1 is 1.60 bits per heavy atom. The van der Waals surface area contributed by atoms with Crippen LogP contribution in [0.3, 0.4) is 0 Å². The molecule has 1 N–H and O–H groups in total. The van der Waals surface area contributed by atoms with Gasteiger partial charge in [-0.15, -0.1) is 0 Å². The summed E-state index contributed by atoms with van der Waals surface area (Å²) in [6.45, 7) is 6.14. The number of hydrogen-bond acceptors (Lipinski definition) is 3. The van der Waals surface area contributed by atoms with Gasteiger partial charge in [-0.3, -0.25) is 9.69 Å². The number of ether oxygens (including phenoxy) is 1. The molecule has 2 aliphatic heterocycles. The summed E-state index contributed by atoms with van der Waals surface area (Å²) in [5.74, 6) is -0.681. The van der Waals surface area contributed by atoms with Gasteiger partial charge in [0.05, 0.1) is 13.2 Å². The summed E-state index contributed by atoms with van der Waals surface area (Å²) in [7, 11) is 0. The quantitative estimate of drug-likeness (QED) is 0.739. The Morgan fingerprint density at radius 3 is 2.73 bits per heavy atom. The molecule has 15 heavy (non-hydrogen) atoms.